The van der Waals surface area contributed by atoms with Crippen molar-refractivity contribution in [2.75, 3.05) is 19.6 Å². The van der Waals surface area contributed by atoms with Crippen molar-refractivity contribution < 1.29 is 4.79 Å². The van der Waals surface area contributed by atoms with Crippen molar-refractivity contribution in [3.05, 3.63) is 17.0 Å². The Bertz CT molecular complexity index is 447. The van der Waals surface area contributed by atoms with Crippen LogP contribution in [0.5, 0.6) is 0 Å². The fourth-order valence-electron chi connectivity index (χ4n) is 2.59. The molecular formula is C14H24N4O. The van der Waals surface area contributed by atoms with Gasteiger partial charge in [-0.25, -0.2) is 0 Å². The number of aryl methyl sites for hydroxylation is 1. The Hall–Kier alpha value is -1.36. The third-order valence-electron chi connectivity index (χ3n) is 3.83. The molecule has 1 aliphatic heterocycles. The van der Waals surface area contributed by atoms with Crippen molar-refractivity contribution in [2.24, 2.45) is 0 Å². The number of nitrogens with zero attached hydrogens (tertiary/aromatic N) is 3. The van der Waals surface area contributed by atoms with Crippen LogP contribution in [0.2, 0.25) is 0 Å². The highest BCUT2D eigenvalue weighted by atomic mass is 16.2. The maximum absolute atomic E-state index is 12.2. The number of nitrogens with one attached hydrogen (secondary N) is 1. The van der Waals surface area contributed by atoms with Crippen LogP contribution in [0.3, 0.4) is 0 Å². The van der Waals surface area contributed by atoms with E-state index in [1.54, 1.807) is 0 Å². The maximum atomic E-state index is 12.2. The number of amides is 1. The van der Waals surface area contributed by atoms with Gasteiger partial charge in [-0.05, 0) is 33.2 Å². The molecule has 5 nitrogen and oxygen atoms in total. The number of carbonyl (C=O) groups is 1. The lowest BCUT2D eigenvalue weighted by atomic mass is 10.2. The van der Waals surface area contributed by atoms with E-state index in [1.165, 1.54) is 5.56 Å². The van der Waals surface area contributed by atoms with Crippen molar-refractivity contribution >= 4 is 5.91 Å². The average Bonchev–Trinajstić information content (AvgIpc) is 2.99. The highest BCUT2D eigenvalue weighted by Crippen LogP contribution is 2.14. The summed E-state index contributed by atoms with van der Waals surface area (Å²) in [6.07, 6.45) is 2.27. The molecule has 1 aliphatic rings. The van der Waals surface area contributed by atoms with Crippen LogP contribution >= 0.6 is 0 Å². The smallest absolute Gasteiger partial charge is 0.244 e. The van der Waals surface area contributed by atoms with Crippen molar-refractivity contribution in [3.63, 3.8) is 0 Å². The van der Waals surface area contributed by atoms with Crippen molar-refractivity contribution in [1.29, 1.82) is 0 Å². The summed E-state index contributed by atoms with van der Waals surface area (Å²) in [5, 5.41) is 7.82. The number of carbonyl (C=O) groups excluding carboxylic acids is 1. The van der Waals surface area contributed by atoms with Crippen molar-refractivity contribution in [3.8, 4) is 0 Å². The van der Waals surface area contributed by atoms with Gasteiger partial charge in [-0.3, -0.25) is 9.48 Å². The molecule has 0 aromatic carbocycles. The summed E-state index contributed by atoms with van der Waals surface area (Å²) < 4.78 is 1.85. The zero-order chi connectivity index (χ0) is 13.8. The molecule has 0 aliphatic carbocycles. The van der Waals surface area contributed by atoms with Gasteiger partial charge in [0.15, 0.2) is 0 Å². The highest BCUT2D eigenvalue weighted by molar-refractivity contribution is 5.76. The first-order valence-corrected chi connectivity index (χ1v) is 7.14. The Balaban J connectivity index is 2.05. The highest BCUT2D eigenvalue weighted by Gasteiger charge is 2.20. The Kier molecular flexibility index (Phi) is 4.58. The molecule has 0 saturated carbocycles. The van der Waals surface area contributed by atoms with Crippen LogP contribution in [-0.2, 0) is 17.9 Å². The molecule has 1 fully saturated rings. The first-order chi connectivity index (χ1) is 9.13. The molecule has 0 atom stereocenters. The molecule has 106 valence electrons. The van der Waals surface area contributed by atoms with Crippen LogP contribution in [0, 0.1) is 13.8 Å². The third-order valence-corrected chi connectivity index (χ3v) is 3.83. The summed E-state index contributed by atoms with van der Waals surface area (Å²) in [4.78, 5) is 14.1. The lowest BCUT2D eigenvalue weighted by molar-refractivity contribution is -0.130. The van der Waals surface area contributed by atoms with Crippen LogP contribution < -0.4 is 5.32 Å². The summed E-state index contributed by atoms with van der Waals surface area (Å²) >= 11 is 0. The lowest BCUT2D eigenvalue weighted by Gasteiger charge is -2.15. The second-order valence-corrected chi connectivity index (χ2v) is 5.18. The van der Waals surface area contributed by atoms with Crippen LogP contribution in [-0.4, -0.2) is 40.2 Å². The summed E-state index contributed by atoms with van der Waals surface area (Å²) in [5.74, 6) is 0.193. The topological polar surface area (TPSA) is 50.2 Å². The summed E-state index contributed by atoms with van der Waals surface area (Å²) in [6, 6.07) is 0. The number of hydrogen-bond acceptors (Lipinski definition) is 3. The monoisotopic (exact) mass is 264 g/mol. The van der Waals surface area contributed by atoms with Crippen LogP contribution in [0.4, 0.5) is 0 Å². The van der Waals surface area contributed by atoms with E-state index in [-0.39, 0.29) is 5.91 Å². The van der Waals surface area contributed by atoms with Crippen LogP contribution in [0.15, 0.2) is 0 Å². The zero-order valence-corrected chi connectivity index (χ0v) is 12.2. The van der Waals surface area contributed by atoms with E-state index in [0.717, 1.165) is 50.4 Å². The SMILES string of the molecule is CCNCc1c(C)nn(CC(=O)N2CCCC2)c1C. The van der Waals surface area contributed by atoms with Crippen molar-refractivity contribution in [1.82, 2.24) is 20.0 Å². The van der Waals surface area contributed by atoms with Crippen LogP contribution in [0.1, 0.15) is 36.7 Å². The molecule has 2 heterocycles. The van der Waals surface area contributed by atoms with Gasteiger partial charge in [0.1, 0.15) is 6.54 Å². The predicted octanol–water partition coefficient (Wildman–Crippen LogP) is 1.23. The van der Waals surface area contributed by atoms with Gasteiger partial charge in [0.25, 0.3) is 0 Å². The first-order valence-electron chi connectivity index (χ1n) is 7.14. The quantitative estimate of drug-likeness (QED) is 0.870. The number of aromatic nitrogens is 2. The fraction of sp³-hybridized carbons (Fsp3) is 0.714. The lowest BCUT2D eigenvalue weighted by Crippen LogP contribution is -2.31. The molecule has 1 N–H and O–H groups in total. The summed E-state index contributed by atoms with van der Waals surface area (Å²) in [6.45, 7) is 10.1. The molecule has 0 radical (unpaired) electrons. The van der Waals surface area contributed by atoms with E-state index >= 15 is 0 Å². The Morgan fingerprint density at radius 3 is 2.63 bits per heavy atom. The molecule has 0 unspecified atom stereocenters. The molecular weight excluding hydrogens is 240 g/mol. The third kappa shape index (κ3) is 3.15. The maximum Gasteiger partial charge on any atom is 0.244 e. The van der Waals surface area contributed by atoms with E-state index in [9.17, 15) is 4.79 Å². The van der Waals surface area contributed by atoms with E-state index < -0.39 is 0 Å². The molecule has 1 saturated heterocycles. The van der Waals surface area contributed by atoms with Gasteiger partial charge in [0.2, 0.25) is 5.91 Å². The second-order valence-electron chi connectivity index (χ2n) is 5.18. The van der Waals surface area contributed by atoms with Gasteiger partial charge >= 0.3 is 0 Å². The summed E-state index contributed by atoms with van der Waals surface area (Å²) in [7, 11) is 0. The van der Waals surface area contributed by atoms with Gasteiger partial charge in [0, 0.05) is 30.9 Å². The largest absolute Gasteiger partial charge is 0.341 e. The molecule has 0 spiro atoms. The molecule has 5 heteroatoms. The van der Waals surface area contributed by atoms with Gasteiger partial charge in [-0.15, -0.1) is 0 Å². The Morgan fingerprint density at radius 1 is 1.32 bits per heavy atom. The average molecular weight is 264 g/mol. The van der Waals surface area contributed by atoms with E-state index in [1.807, 2.05) is 23.4 Å². The van der Waals surface area contributed by atoms with Gasteiger partial charge in [-0.2, -0.15) is 5.10 Å². The minimum absolute atomic E-state index is 0.193. The number of hydrogen-bond donors (Lipinski definition) is 1. The molecule has 1 aromatic heterocycles. The van der Waals surface area contributed by atoms with Crippen molar-refractivity contribution in [2.45, 2.75) is 46.7 Å². The van der Waals surface area contributed by atoms with Gasteiger partial charge in [0.05, 0.1) is 5.69 Å². The first kappa shape index (κ1) is 14.1. The minimum atomic E-state index is 0.193. The van der Waals surface area contributed by atoms with Gasteiger partial charge in [-0.1, -0.05) is 6.92 Å². The standard InChI is InChI=1S/C14H24N4O/c1-4-15-9-13-11(2)16-18(12(13)3)10-14(19)17-7-5-6-8-17/h15H,4-10H2,1-3H3. The van der Waals surface area contributed by atoms with Crippen LogP contribution in [0.25, 0.3) is 0 Å². The van der Waals surface area contributed by atoms with E-state index in [2.05, 4.69) is 17.3 Å². The van der Waals surface area contributed by atoms with E-state index in [4.69, 9.17) is 0 Å². The second kappa shape index (κ2) is 6.19. The molecule has 2 rings (SSSR count). The van der Waals surface area contributed by atoms with E-state index in [0.29, 0.717) is 6.54 Å². The molecule has 1 aromatic rings. The van der Waals surface area contributed by atoms with Gasteiger partial charge < -0.3 is 10.2 Å². The molecule has 0 bridgehead atoms. The minimum Gasteiger partial charge on any atom is -0.341 e. The normalized spacial score (nSPS) is 15.2. The Morgan fingerprint density at radius 2 is 2.00 bits per heavy atom. The summed E-state index contributed by atoms with van der Waals surface area (Å²) in [5.41, 5.74) is 3.34. The number of likely N-dealkylation sites (tertiary alicyclic amines) is 1. The molecule has 1 amide bonds. The molecule has 19 heavy (non-hydrogen) atoms. The predicted molar refractivity (Wildman–Crippen MR) is 74.9 cm³/mol. The number of rotatable bonds is 5. The fourth-order valence-corrected chi connectivity index (χ4v) is 2.59. The zero-order valence-electron chi connectivity index (χ0n) is 12.2. The Labute approximate surface area is 115 Å².